The number of hydrogen-bond acceptors (Lipinski definition) is 3. The quantitative estimate of drug-likeness (QED) is 0.844. The van der Waals surface area contributed by atoms with Crippen molar-refractivity contribution in [3.05, 3.63) is 35.4 Å². The molecule has 1 fully saturated rings. The van der Waals surface area contributed by atoms with E-state index in [0.717, 1.165) is 24.0 Å². The lowest BCUT2D eigenvalue weighted by Gasteiger charge is -2.23. The highest BCUT2D eigenvalue weighted by molar-refractivity contribution is 5.96. The third-order valence-corrected chi connectivity index (χ3v) is 3.60. The Labute approximate surface area is 113 Å². The van der Waals surface area contributed by atoms with Gasteiger partial charge in [-0.1, -0.05) is 24.3 Å². The molecule has 1 atom stereocenters. The summed E-state index contributed by atoms with van der Waals surface area (Å²) in [6.45, 7) is 2.27. The first-order chi connectivity index (χ1) is 9.09. The van der Waals surface area contributed by atoms with Crippen molar-refractivity contribution in [1.82, 2.24) is 4.90 Å². The number of nitrogens with two attached hydrogens (primary N) is 1. The Morgan fingerprint density at radius 2 is 1.74 bits per heavy atom. The van der Waals surface area contributed by atoms with Gasteiger partial charge in [0, 0.05) is 25.4 Å². The monoisotopic (exact) mass is 260 g/mol. The normalized spacial score (nSPS) is 18.3. The summed E-state index contributed by atoms with van der Waals surface area (Å²) in [5.74, 6) is -0.182. The van der Waals surface area contributed by atoms with Crippen LogP contribution in [0.5, 0.6) is 0 Å². The lowest BCUT2D eigenvalue weighted by molar-refractivity contribution is -0.144. The SMILES string of the molecule is Cc1ccccc1C(N)CN1C(=O)CCCCC1=O. The van der Waals surface area contributed by atoms with Crippen LogP contribution >= 0.6 is 0 Å². The smallest absolute Gasteiger partial charge is 0.229 e. The van der Waals surface area contributed by atoms with Crippen LogP contribution in [0.2, 0.25) is 0 Å². The summed E-state index contributed by atoms with van der Waals surface area (Å²) in [6.07, 6.45) is 2.49. The molecule has 1 saturated heterocycles. The van der Waals surface area contributed by atoms with Gasteiger partial charge in [0.15, 0.2) is 0 Å². The fourth-order valence-corrected chi connectivity index (χ4v) is 2.46. The van der Waals surface area contributed by atoms with Crippen LogP contribution in [-0.2, 0) is 9.59 Å². The number of hydrogen-bond donors (Lipinski definition) is 1. The number of aryl methyl sites for hydroxylation is 1. The second kappa shape index (κ2) is 5.97. The molecule has 4 heteroatoms. The van der Waals surface area contributed by atoms with E-state index >= 15 is 0 Å². The fraction of sp³-hybridized carbons (Fsp3) is 0.467. The highest BCUT2D eigenvalue weighted by Crippen LogP contribution is 2.19. The van der Waals surface area contributed by atoms with Gasteiger partial charge in [-0.15, -0.1) is 0 Å². The minimum Gasteiger partial charge on any atom is -0.322 e. The number of amides is 2. The molecule has 19 heavy (non-hydrogen) atoms. The number of carbonyl (C=O) groups excluding carboxylic acids is 2. The first-order valence-electron chi connectivity index (χ1n) is 6.74. The molecule has 1 aromatic carbocycles. The third kappa shape index (κ3) is 3.20. The van der Waals surface area contributed by atoms with Crippen molar-refractivity contribution in [2.75, 3.05) is 6.54 Å². The molecule has 0 radical (unpaired) electrons. The van der Waals surface area contributed by atoms with E-state index in [0.29, 0.717) is 12.8 Å². The molecule has 0 spiro atoms. The van der Waals surface area contributed by atoms with Crippen LogP contribution in [0, 0.1) is 6.92 Å². The number of benzene rings is 1. The molecule has 0 bridgehead atoms. The van der Waals surface area contributed by atoms with Crippen molar-refractivity contribution >= 4 is 11.8 Å². The topological polar surface area (TPSA) is 63.4 Å². The van der Waals surface area contributed by atoms with Gasteiger partial charge in [0.05, 0.1) is 0 Å². The van der Waals surface area contributed by atoms with Crippen LogP contribution in [0.1, 0.15) is 42.9 Å². The maximum Gasteiger partial charge on any atom is 0.229 e. The maximum absolute atomic E-state index is 11.9. The van der Waals surface area contributed by atoms with Crippen molar-refractivity contribution in [2.45, 2.75) is 38.6 Å². The second-order valence-corrected chi connectivity index (χ2v) is 5.07. The van der Waals surface area contributed by atoms with E-state index in [1.54, 1.807) is 0 Å². The predicted octanol–water partition coefficient (Wildman–Crippen LogP) is 1.92. The minimum absolute atomic E-state index is 0.0912. The summed E-state index contributed by atoms with van der Waals surface area (Å²) in [5, 5.41) is 0. The summed E-state index contributed by atoms with van der Waals surface area (Å²) in [5.41, 5.74) is 8.24. The molecule has 1 heterocycles. The Morgan fingerprint density at radius 1 is 1.16 bits per heavy atom. The van der Waals surface area contributed by atoms with Crippen molar-refractivity contribution in [2.24, 2.45) is 5.73 Å². The summed E-state index contributed by atoms with van der Waals surface area (Å²) in [4.78, 5) is 25.2. The molecule has 0 aliphatic carbocycles. The molecule has 1 unspecified atom stereocenters. The zero-order valence-electron chi connectivity index (χ0n) is 11.3. The van der Waals surface area contributed by atoms with Gasteiger partial charge in [-0.05, 0) is 30.9 Å². The first kappa shape index (κ1) is 13.7. The number of nitrogens with zero attached hydrogens (tertiary/aromatic N) is 1. The number of likely N-dealkylation sites (tertiary alicyclic amines) is 1. The zero-order valence-corrected chi connectivity index (χ0v) is 11.3. The van der Waals surface area contributed by atoms with Gasteiger partial charge in [-0.2, -0.15) is 0 Å². The molecule has 1 aliphatic rings. The van der Waals surface area contributed by atoms with Gasteiger partial charge >= 0.3 is 0 Å². The number of imide groups is 1. The highest BCUT2D eigenvalue weighted by Gasteiger charge is 2.26. The van der Waals surface area contributed by atoms with Crippen molar-refractivity contribution < 1.29 is 9.59 Å². The summed E-state index contributed by atoms with van der Waals surface area (Å²) in [6, 6.07) is 7.50. The van der Waals surface area contributed by atoms with Crippen LogP contribution in [0.4, 0.5) is 0 Å². The van der Waals surface area contributed by atoms with Gasteiger partial charge in [0.2, 0.25) is 11.8 Å². The summed E-state index contributed by atoms with van der Waals surface area (Å²) in [7, 11) is 0. The molecule has 2 amide bonds. The van der Waals surface area contributed by atoms with Crippen molar-refractivity contribution in [3.8, 4) is 0 Å². The van der Waals surface area contributed by atoms with E-state index in [-0.39, 0.29) is 24.4 Å². The standard InChI is InChI=1S/C15H20N2O2/c1-11-6-2-3-7-12(11)13(16)10-17-14(18)8-4-5-9-15(17)19/h2-3,6-7,13H,4-5,8-10,16H2,1H3. The van der Waals surface area contributed by atoms with Gasteiger partial charge in [0.1, 0.15) is 0 Å². The Kier molecular flexibility index (Phi) is 4.32. The number of carbonyl (C=O) groups is 2. The van der Waals surface area contributed by atoms with Crippen LogP contribution in [0.3, 0.4) is 0 Å². The zero-order chi connectivity index (χ0) is 13.8. The second-order valence-electron chi connectivity index (χ2n) is 5.07. The summed E-state index contributed by atoms with van der Waals surface area (Å²) >= 11 is 0. The Balaban J connectivity index is 2.13. The van der Waals surface area contributed by atoms with Crippen LogP contribution in [0.15, 0.2) is 24.3 Å². The van der Waals surface area contributed by atoms with Gasteiger partial charge in [0.25, 0.3) is 0 Å². The lowest BCUT2D eigenvalue weighted by Crippen LogP contribution is -2.40. The molecule has 1 aliphatic heterocycles. The Hall–Kier alpha value is -1.68. The predicted molar refractivity (Wildman–Crippen MR) is 73.3 cm³/mol. The van der Waals surface area contributed by atoms with Gasteiger partial charge in [-0.3, -0.25) is 14.5 Å². The maximum atomic E-state index is 11.9. The number of rotatable bonds is 3. The molecule has 102 valence electrons. The third-order valence-electron chi connectivity index (χ3n) is 3.60. The van der Waals surface area contributed by atoms with E-state index in [4.69, 9.17) is 5.73 Å². The van der Waals surface area contributed by atoms with E-state index in [2.05, 4.69) is 0 Å². The van der Waals surface area contributed by atoms with E-state index in [1.165, 1.54) is 4.90 Å². The van der Waals surface area contributed by atoms with E-state index < -0.39 is 0 Å². The molecular formula is C15H20N2O2. The molecule has 0 aromatic heterocycles. The first-order valence-corrected chi connectivity index (χ1v) is 6.74. The van der Waals surface area contributed by atoms with Crippen molar-refractivity contribution in [3.63, 3.8) is 0 Å². The van der Waals surface area contributed by atoms with Crippen molar-refractivity contribution in [1.29, 1.82) is 0 Å². The molecular weight excluding hydrogens is 240 g/mol. The molecule has 2 rings (SSSR count). The van der Waals surface area contributed by atoms with Gasteiger partial charge < -0.3 is 5.73 Å². The largest absolute Gasteiger partial charge is 0.322 e. The Morgan fingerprint density at radius 3 is 2.32 bits per heavy atom. The van der Waals surface area contributed by atoms with E-state index in [1.807, 2.05) is 31.2 Å². The molecule has 4 nitrogen and oxygen atoms in total. The van der Waals surface area contributed by atoms with Crippen LogP contribution in [-0.4, -0.2) is 23.3 Å². The fourth-order valence-electron chi connectivity index (χ4n) is 2.46. The summed E-state index contributed by atoms with van der Waals surface area (Å²) < 4.78 is 0. The molecule has 0 saturated carbocycles. The average molecular weight is 260 g/mol. The van der Waals surface area contributed by atoms with Crippen LogP contribution in [0.25, 0.3) is 0 Å². The minimum atomic E-state index is -0.313. The van der Waals surface area contributed by atoms with E-state index in [9.17, 15) is 9.59 Å². The van der Waals surface area contributed by atoms with Gasteiger partial charge in [-0.25, -0.2) is 0 Å². The van der Waals surface area contributed by atoms with Crippen LogP contribution < -0.4 is 5.73 Å². The average Bonchev–Trinajstić information content (AvgIpc) is 2.54. The highest BCUT2D eigenvalue weighted by atomic mass is 16.2. The molecule has 2 N–H and O–H groups in total. The molecule has 1 aromatic rings. The lowest BCUT2D eigenvalue weighted by atomic mass is 10.0. The Bertz CT molecular complexity index is 467.